The quantitative estimate of drug-likeness (QED) is 0.760. The summed E-state index contributed by atoms with van der Waals surface area (Å²) in [5.41, 5.74) is 2.69. The van der Waals surface area contributed by atoms with Gasteiger partial charge in [0.2, 0.25) is 11.8 Å². The first kappa shape index (κ1) is 15.7. The van der Waals surface area contributed by atoms with Crippen LogP contribution in [-0.4, -0.2) is 10.9 Å². The number of aromatic nitrogens is 1. The number of rotatable bonds is 5. The number of nitrogens with one attached hydrogen (secondary N) is 1. The van der Waals surface area contributed by atoms with E-state index in [4.69, 9.17) is 4.74 Å². The smallest absolute Gasteiger partial charge is 0.243 e. The van der Waals surface area contributed by atoms with Gasteiger partial charge in [-0.1, -0.05) is 48.0 Å². The fourth-order valence-corrected chi connectivity index (χ4v) is 2.25. The minimum Gasteiger partial charge on any atom is -0.437 e. The lowest BCUT2D eigenvalue weighted by atomic mass is 10.1. The maximum Gasteiger partial charge on any atom is 0.243 e. The Kier molecular flexibility index (Phi) is 4.87. The lowest BCUT2D eigenvalue weighted by molar-refractivity contribution is -0.115. The number of aryl methyl sites for hydroxylation is 1. The van der Waals surface area contributed by atoms with Crippen molar-refractivity contribution in [2.24, 2.45) is 0 Å². The van der Waals surface area contributed by atoms with Gasteiger partial charge in [-0.3, -0.25) is 4.79 Å². The van der Waals surface area contributed by atoms with Crippen LogP contribution in [0.15, 0.2) is 72.9 Å². The summed E-state index contributed by atoms with van der Waals surface area (Å²) in [6, 6.07) is 20.8. The van der Waals surface area contributed by atoms with Crippen molar-refractivity contribution in [2.75, 3.05) is 5.32 Å². The van der Waals surface area contributed by atoms with Gasteiger partial charge in [0, 0.05) is 6.20 Å². The zero-order valence-electron chi connectivity index (χ0n) is 13.4. The van der Waals surface area contributed by atoms with Gasteiger partial charge in [0.15, 0.2) is 0 Å². The van der Waals surface area contributed by atoms with Crippen molar-refractivity contribution in [3.8, 4) is 11.6 Å². The predicted molar refractivity (Wildman–Crippen MR) is 94.3 cm³/mol. The number of ether oxygens (including phenoxy) is 1. The summed E-state index contributed by atoms with van der Waals surface area (Å²) in [4.78, 5) is 16.5. The molecule has 0 atom stereocenters. The second-order valence-corrected chi connectivity index (χ2v) is 5.48. The number of nitrogens with zero attached hydrogens (tertiary/aromatic N) is 1. The number of amides is 1. The molecule has 1 aromatic heterocycles. The van der Waals surface area contributed by atoms with Crippen molar-refractivity contribution in [1.29, 1.82) is 0 Å². The molecule has 1 N–H and O–H groups in total. The lowest BCUT2D eigenvalue weighted by Crippen LogP contribution is -2.15. The first-order valence-corrected chi connectivity index (χ1v) is 7.74. The summed E-state index contributed by atoms with van der Waals surface area (Å²) in [7, 11) is 0. The summed E-state index contributed by atoms with van der Waals surface area (Å²) in [6.07, 6.45) is 1.94. The van der Waals surface area contributed by atoms with Crippen LogP contribution in [0.1, 0.15) is 11.1 Å². The zero-order chi connectivity index (χ0) is 16.8. The third kappa shape index (κ3) is 4.20. The average Bonchev–Trinajstić information content (AvgIpc) is 2.60. The van der Waals surface area contributed by atoms with Gasteiger partial charge in [-0.2, -0.15) is 0 Å². The van der Waals surface area contributed by atoms with Crippen LogP contribution >= 0.6 is 0 Å². The molecule has 0 spiro atoms. The van der Waals surface area contributed by atoms with Gasteiger partial charge >= 0.3 is 0 Å². The molecular weight excluding hydrogens is 300 g/mol. The van der Waals surface area contributed by atoms with E-state index in [9.17, 15) is 4.79 Å². The number of pyridine rings is 1. The van der Waals surface area contributed by atoms with Gasteiger partial charge in [0.1, 0.15) is 11.4 Å². The standard InChI is InChI=1S/C20H18N2O2/c1-15-9-11-16(12-10-15)14-19(23)22-18-8-5-13-21-20(18)24-17-6-3-2-4-7-17/h2-13H,14H2,1H3,(H,22,23). The fourth-order valence-electron chi connectivity index (χ4n) is 2.25. The van der Waals surface area contributed by atoms with Crippen molar-refractivity contribution in [3.63, 3.8) is 0 Å². The van der Waals surface area contributed by atoms with Crippen molar-refractivity contribution in [3.05, 3.63) is 84.1 Å². The van der Waals surface area contributed by atoms with E-state index in [0.717, 1.165) is 5.56 Å². The molecule has 120 valence electrons. The van der Waals surface area contributed by atoms with E-state index in [1.807, 2.05) is 61.5 Å². The van der Waals surface area contributed by atoms with Crippen LogP contribution in [-0.2, 0) is 11.2 Å². The SMILES string of the molecule is Cc1ccc(CC(=O)Nc2cccnc2Oc2ccccc2)cc1. The Balaban J connectivity index is 1.70. The minimum absolute atomic E-state index is 0.107. The normalized spacial score (nSPS) is 10.2. The van der Waals surface area contributed by atoms with Crippen LogP contribution in [0.3, 0.4) is 0 Å². The van der Waals surface area contributed by atoms with E-state index in [1.54, 1.807) is 18.3 Å². The monoisotopic (exact) mass is 318 g/mol. The number of carbonyl (C=O) groups excluding carboxylic acids is 1. The lowest BCUT2D eigenvalue weighted by Gasteiger charge is -2.11. The molecule has 4 nitrogen and oxygen atoms in total. The van der Waals surface area contributed by atoms with Crippen molar-refractivity contribution in [1.82, 2.24) is 4.98 Å². The largest absolute Gasteiger partial charge is 0.437 e. The van der Waals surface area contributed by atoms with Gasteiger partial charge < -0.3 is 10.1 Å². The van der Waals surface area contributed by atoms with Gasteiger partial charge in [-0.15, -0.1) is 0 Å². The van der Waals surface area contributed by atoms with Crippen molar-refractivity contribution < 1.29 is 9.53 Å². The summed E-state index contributed by atoms with van der Waals surface area (Å²) >= 11 is 0. The molecule has 3 rings (SSSR count). The third-order valence-electron chi connectivity index (χ3n) is 3.49. The van der Waals surface area contributed by atoms with Crippen LogP contribution in [0.5, 0.6) is 11.6 Å². The van der Waals surface area contributed by atoms with Gasteiger partial charge in [0.05, 0.1) is 6.42 Å². The number of hydrogen-bond acceptors (Lipinski definition) is 3. The van der Waals surface area contributed by atoms with E-state index in [-0.39, 0.29) is 5.91 Å². The molecular formula is C20H18N2O2. The first-order valence-electron chi connectivity index (χ1n) is 7.74. The van der Waals surface area contributed by atoms with Crippen molar-refractivity contribution >= 4 is 11.6 Å². The molecule has 0 aliphatic heterocycles. The molecule has 0 radical (unpaired) electrons. The molecule has 0 fully saturated rings. The van der Waals surface area contributed by atoms with Crippen LogP contribution in [0, 0.1) is 6.92 Å². The van der Waals surface area contributed by atoms with Crippen molar-refractivity contribution in [2.45, 2.75) is 13.3 Å². The third-order valence-corrected chi connectivity index (χ3v) is 3.49. The molecule has 0 bridgehead atoms. The number of hydrogen-bond donors (Lipinski definition) is 1. The molecule has 0 saturated carbocycles. The van der Waals surface area contributed by atoms with Crippen LogP contribution < -0.4 is 10.1 Å². The molecule has 0 unspecified atom stereocenters. The summed E-state index contributed by atoms with van der Waals surface area (Å²) < 4.78 is 5.75. The highest BCUT2D eigenvalue weighted by atomic mass is 16.5. The zero-order valence-corrected chi connectivity index (χ0v) is 13.4. The summed E-state index contributed by atoms with van der Waals surface area (Å²) in [5.74, 6) is 0.941. The Bertz CT molecular complexity index is 815. The Hall–Kier alpha value is -3.14. The van der Waals surface area contributed by atoms with Gasteiger partial charge in [-0.25, -0.2) is 4.98 Å². The van der Waals surface area contributed by atoms with Gasteiger partial charge in [-0.05, 0) is 36.8 Å². The molecule has 4 heteroatoms. The molecule has 1 heterocycles. The highest BCUT2D eigenvalue weighted by Crippen LogP contribution is 2.26. The van der Waals surface area contributed by atoms with Crippen LogP contribution in [0.4, 0.5) is 5.69 Å². The maximum atomic E-state index is 12.3. The Morgan fingerprint density at radius 3 is 2.50 bits per heavy atom. The summed E-state index contributed by atoms with van der Waals surface area (Å²) in [5, 5.41) is 2.87. The average molecular weight is 318 g/mol. The van der Waals surface area contributed by atoms with Gasteiger partial charge in [0.25, 0.3) is 0 Å². The number of carbonyl (C=O) groups is 1. The molecule has 2 aromatic carbocycles. The second kappa shape index (κ2) is 7.42. The van der Waals surface area contributed by atoms with E-state index in [1.165, 1.54) is 5.56 Å². The molecule has 24 heavy (non-hydrogen) atoms. The number of para-hydroxylation sites is 1. The molecule has 0 aliphatic rings. The number of benzene rings is 2. The molecule has 1 amide bonds. The van der Waals surface area contributed by atoms with E-state index >= 15 is 0 Å². The van der Waals surface area contributed by atoms with Crippen LogP contribution in [0.2, 0.25) is 0 Å². The summed E-state index contributed by atoms with van der Waals surface area (Å²) in [6.45, 7) is 2.02. The number of anilines is 1. The van der Waals surface area contributed by atoms with E-state index < -0.39 is 0 Å². The molecule has 0 aliphatic carbocycles. The highest BCUT2D eigenvalue weighted by molar-refractivity contribution is 5.93. The second-order valence-electron chi connectivity index (χ2n) is 5.48. The Morgan fingerprint density at radius 1 is 1.00 bits per heavy atom. The first-order chi connectivity index (χ1) is 11.7. The fraction of sp³-hybridized carbons (Fsp3) is 0.100. The Labute approximate surface area is 141 Å². The minimum atomic E-state index is -0.107. The predicted octanol–water partition coefficient (Wildman–Crippen LogP) is 4.36. The topological polar surface area (TPSA) is 51.2 Å². The highest BCUT2D eigenvalue weighted by Gasteiger charge is 2.10. The molecule has 3 aromatic rings. The van der Waals surface area contributed by atoms with E-state index in [2.05, 4.69) is 10.3 Å². The Morgan fingerprint density at radius 2 is 1.75 bits per heavy atom. The van der Waals surface area contributed by atoms with E-state index in [0.29, 0.717) is 23.7 Å². The maximum absolute atomic E-state index is 12.3. The van der Waals surface area contributed by atoms with Crippen LogP contribution in [0.25, 0.3) is 0 Å². The molecule has 0 saturated heterocycles.